The Labute approximate surface area is 404 Å². The Bertz CT molecular complexity index is 1560. The lowest BCUT2D eigenvalue weighted by Crippen LogP contribution is -2.36. The molecule has 0 unspecified atom stereocenters. The van der Waals surface area contributed by atoms with Crippen LogP contribution in [-0.2, 0) is 19.8 Å². The maximum atomic E-state index is 7.31. The number of methoxy groups -OCH3 is 2. The van der Waals surface area contributed by atoms with Gasteiger partial charge in [-0.3, -0.25) is 0 Å². The molecule has 0 N–H and O–H groups in total. The zero-order valence-corrected chi connectivity index (χ0v) is 42.2. The van der Waals surface area contributed by atoms with Gasteiger partial charge in [-0.05, 0) is 118 Å². The van der Waals surface area contributed by atoms with Crippen LogP contribution >= 0.6 is 0 Å². The van der Waals surface area contributed by atoms with Crippen molar-refractivity contribution in [2.45, 2.75) is 174 Å². The summed E-state index contributed by atoms with van der Waals surface area (Å²) in [5, 5.41) is 0. The van der Waals surface area contributed by atoms with Crippen molar-refractivity contribution in [3.05, 3.63) is 144 Å². The van der Waals surface area contributed by atoms with E-state index < -0.39 is 5.60 Å². The molecular formula is C61H92O5. The van der Waals surface area contributed by atoms with E-state index in [9.17, 15) is 0 Å². The van der Waals surface area contributed by atoms with E-state index in [0.29, 0.717) is 19.8 Å². The molecule has 3 aromatic carbocycles. The number of hydrogen-bond acceptors (Lipinski definition) is 5. The Morgan fingerprint density at radius 3 is 1.15 bits per heavy atom. The molecule has 0 atom stereocenters. The molecule has 5 nitrogen and oxygen atoms in total. The van der Waals surface area contributed by atoms with Crippen LogP contribution in [0, 0.1) is 5.92 Å². The fourth-order valence-electron chi connectivity index (χ4n) is 8.35. The second-order valence-corrected chi connectivity index (χ2v) is 18.0. The van der Waals surface area contributed by atoms with Crippen molar-refractivity contribution >= 4 is 0 Å². The Morgan fingerprint density at radius 1 is 0.394 bits per heavy atom. The molecular weight excluding hydrogens is 813 g/mol. The number of ether oxygens (including phenoxy) is 5. The van der Waals surface area contributed by atoms with Gasteiger partial charge in [0.05, 0.1) is 34.0 Å². The minimum atomic E-state index is -0.875. The first kappa shape index (κ1) is 56.4. The highest BCUT2D eigenvalue weighted by Gasteiger charge is 2.38. The molecule has 0 fully saturated rings. The fourth-order valence-corrected chi connectivity index (χ4v) is 8.35. The highest BCUT2D eigenvalue weighted by molar-refractivity contribution is 5.49. The highest BCUT2D eigenvalue weighted by Crippen LogP contribution is 2.42. The summed E-state index contributed by atoms with van der Waals surface area (Å²) in [5.74, 6) is 1.69. The SMILES string of the molecule is CCCCCC=CCC=CCCCCCCCCOCC(COCCCCCCCCC=CCC=CCCCCC)COC(c1ccccc1)(c1ccc(OC)cc1)c1ccc(OC)cc1. The molecule has 3 rings (SSSR count). The summed E-state index contributed by atoms with van der Waals surface area (Å²) < 4.78 is 31.3. The molecule has 5 heteroatoms. The summed E-state index contributed by atoms with van der Waals surface area (Å²) in [6.07, 6.45) is 48.4. The van der Waals surface area contributed by atoms with Crippen LogP contribution in [0.1, 0.15) is 185 Å². The standard InChI is InChI=1S/C61H92O5/c1-5-7-9-11-13-15-17-19-21-23-25-27-29-31-33-38-50-64-52-55(53-65-51-39-34-32-30-28-26-24-22-20-18-16-14-12-10-8-6-2)54-66-61(56-40-36-35-37-41-56,57-42-46-59(62-3)47-43-57)58-44-48-60(63-4)49-45-58/h13-16,19-22,35-37,40-49,55H,5-12,17-18,23-34,38-39,50-54H2,1-4H3. The minimum Gasteiger partial charge on any atom is -0.497 e. The van der Waals surface area contributed by atoms with Gasteiger partial charge in [-0.2, -0.15) is 0 Å². The molecule has 66 heavy (non-hydrogen) atoms. The van der Waals surface area contributed by atoms with Gasteiger partial charge in [0.25, 0.3) is 0 Å². The lowest BCUT2D eigenvalue weighted by Gasteiger charge is -2.37. The average molecular weight is 905 g/mol. The third kappa shape index (κ3) is 24.7. The Kier molecular flexibility index (Phi) is 33.5. The van der Waals surface area contributed by atoms with Crippen molar-refractivity contribution in [1.82, 2.24) is 0 Å². The second kappa shape index (κ2) is 39.1. The zero-order chi connectivity index (χ0) is 46.9. The summed E-state index contributed by atoms with van der Waals surface area (Å²) in [4.78, 5) is 0. The third-order valence-electron chi connectivity index (χ3n) is 12.4. The van der Waals surface area contributed by atoms with Crippen molar-refractivity contribution in [3.8, 4) is 11.5 Å². The second-order valence-electron chi connectivity index (χ2n) is 18.0. The van der Waals surface area contributed by atoms with Crippen molar-refractivity contribution in [3.63, 3.8) is 0 Å². The Balaban J connectivity index is 1.52. The summed E-state index contributed by atoms with van der Waals surface area (Å²) in [6, 6.07) is 27.1. The quantitative estimate of drug-likeness (QED) is 0.0322. The van der Waals surface area contributed by atoms with Crippen molar-refractivity contribution in [2.24, 2.45) is 5.92 Å². The predicted octanol–water partition coefficient (Wildman–Crippen LogP) is 17.3. The highest BCUT2D eigenvalue weighted by atomic mass is 16.5. The normalized spacial score (nSPS) is 12.7. The van der Waals surface area contributed by atoms with Gasteiger partial charge in [0.1, 0.15) is 17.1 Å². The van der Waals surface area contributed by atoms with Crippen LogP contribution in [0.3, 0.4) is 0 Å². The van der Waals surface area contributed by atoms with Gasteiger partial charge in [-0.1, -0.05) is 194 Å². The van der Waals surface area contributed by atoms with E-state index in [4.69, 9.17) is 23.7 Å². The van der Waals surface area contributed by atoms with Gasteiger partial charge < -0.3 is 23.7 Å². The van der Waals surface area contributed by atoms with Gasteiger partial charge >= 0.3 is 0 Å². The topological polar surface area (TPSA) is 46.2 Å². The molecule has 0 radical (unpaired) electrons. The van der Waals surface area contributed by atoms with E-state index in [0.717, 1.165) is 67.1 Å². The van der Waals surface area contributed by atoms with Crippen LogP contribution in [0.2, 0.25) is 0 Å². The van der Waals surface area contributed by atoms with Gasteiger partial charge in [0.15, 0.2) is 0 Å². The van der Waals surface area contributed by atoms with Crippen LogP contribution < -0.4 is 9.47 Å². The van der Waals surface area contributed by atoms with Crippen LogP contribution in [0.25, 0.3) is 0 Å². The first-order valence-electron chi connectivity index (χ1n) is 26.4. The number of allylic oxidation sites excluding steroid dienone is 8. The molecule has 0 aromatic heterocycles. The van der Waals surface area contributed by atoms with Crippen LogP contribution in [0.4, 0.5) is 0 Å². The maximum absolute atomic E-state index is 7.31. The lowest BCUT2D eigenvalue weighted by atomic mass is 9.80. The van der Waals surface area contributed by atoms with E-state index in [-0.39, 0.29) is 5.92 Å². The van der Waals surface area contributed by atoms with Gasteiger partial charge in [0, 0.05) is 19.1 Å². The van der Waals surface area contributed by atoms with Gasteiger partial charge in [-0.15, -0.1) is 0 Å². The van der Waals surface area contributed by atoms with Crippen LogP contribution in [0.5, 0.6) is 11.5 Å². The van der Waals surface area contributed by atoms with Gasteiger partial charge in [0.2, 0.25) is 0 Å². The van der Waals surface area contributed by atoms with E-state index in [1.54, 1.807) is 14.2 Å². The van der Waals surface area contributed by atoms with E-state index in [2.05, 4.69) is 117 Å². The molecule has 3 aromatic rings. The number of rotatable bonds is 42. The number of benzene rings is 3. The largest absolute Gasteiger partial charge is 0.497 e. The minimum absolute atomic E-state index is 0.0683. The van der Waals surface area contributed by atoms with E-state index in [1.165, 1.54) is 128 Å². The molecule has 0 heterocycles. The van der Waals surface area contributed by atoms with Crippen molar-refractivity contribution in [2.75, 3.05) is 47.3 Å². The molecule has 366 valence electrons. The zero-order valence-electron chi connectivity index (χ0n) is 42.2. The predicted molar refractivity (Wildman–Crippen MR) is 282 cm³/mol. The van der Waals surface area contributed by atoms with Crippen molar-refractivity contribution in [1.29, 1.82) is 0 Å². The van der Waals surface area contributed by atoms with Crippen molar-refractivity contribution < 1.29 is 23.7 Å². The number of hydrogen-bond donors (Lipinski definition) is 0. The van der Waals surface area contributed by atoms with Crippen LogP contribution in [0.15, 0.2) is 127 Å². The molecule has 0 aliphatic carbocycles. The molecule has 0 spiro atoms. The smallest absolute Gasteiger partial charge is 0.143 e. The first-order valence-corrected chi connectivity index (χ1v) is 26.4. The summed E-state index contributed by atoms with van der Waals surface area (Å²) in [7, 11) is 3.41. The molecule has 0 amide bonds. The third-order valence-corrected chi connectivity index (χ3v) is 12.4. The molecule has 0 saturated carbocycles. The summed E-state index contributed by atoms with van der Waals surface area (Å²) in [5.41, 5.74) is 2.24. The van der Waals surface area contributed by atoms with E-state index >= 15 is 0 Å². The average Bonchev–Trinajstić information content (AvgIpc) is 3.36. The number of unbranched alkanes of at least 4 members (excludes halogenated alkanes) is 18. The summed E-state index contributed by atoms with van der Waals surface area (Å²) >= 11 is 0. The monoisotopic (exact) mass is 905 g/mol. The van der Waals surface area contributed by atoms with E-state index in [1.807, 2.05) is 24.3 Å². The fraction of sp³-hybridized carbons (Fsp3) is 0.574. The Morgan fingerprint density at radius 2 is 0.758 bits per heavy atom. The summed E-state index contributed by atoms with van der Waals surface area (Å²) in [6.45, 7) is 7.72. The molecule has 0 aliphatic heterocycles. The molecule has 0 bridgehead atoms. The Hall–Kier alpha value is -3.90. The lowest BCUT2D eigenvalue weighted by molar-refractivity contribution is -0.0515. The molecule has 0 saturated heterocycles. The maximum Gasteiger partial charge on any atom is 0.143 e. The van der Waals surface area contributed by atoms with Gasteiger partial charge in [-0.25, -0.2) is 0 Å². The molecule has 0 aliphatic rings. The van der Waals surface area contributed by atoms with Crippen LogP contribution in [-0.4, -0.2) is 47.3 Å². The first-order chi connectivity index (χ1) is 32.7.